The largest absolute Gasteiger partial charge is 0.0648 e. The summed E-state index contributed by atoms with van der Waals surface area (Å²) in [6.07, 6.45) is 1.19. The highest BCUT2D eigenvalue weighted by molar-refractivity contribution is 6.03. The van der Waals surface area contributed by atoms with Gasteiger partial charge in [0.15, 0.2) is 0 Å². The van der Waals surface area contributed by atoms with E-state index in [0.717, 1.165) is 0 Å². The number of hydrogen-bond acceptors (Lipinski definition) is 0. The van der Waals surface area contributed by atoms with Gasteiger partial charge in [0.05, 0.1) is 0 Å². The number of rotatable bonds is 2. The van der Waals surface area contributed by atoms with Crippen LogP contribution in [0.5, 0.6) is 0 Å². The lowest BCUT2D eigenvalue weighted by Crippen LogP contribution is -1.94. The Balaban J connectivity index is 2.44. The molecule has 3 rings (SSSR count). The fourth-order valence-electron chi connectivity index (χ4n) is 2.99. The molecule has 3 aromatic carbocycles. The molecule has 0 saturated carbocycles. The van der Waals surface area contributed by atoms with Crippen molar-refractivity contribution in [3.63, 3.8) is 0 Å². The molecule has 0 N–H and O–H groups in total. The van der Waals surface area contributed by atoms with Gasteiger partial charge in [-0.1, -0.05) is 56.3 Å². The third-order valence-corrected chi connectivity index (χ3v) is 4.35. The minimum atomic E-state index is 0.615. The fraction of sp³-hybridized carbons (Fsp3) is 0.263. The predicted octanol–water partition coefficient (Wildman–Crippen LogP) is 5.81. The van der Waals surface area contributed by atoms with Crippen molar-refractivity contribution in [3.05, 3.63) is 59.7 Å². The highest BCUT2D eigenvalue weighted by atomic mass is 14.1. The summed E-state index contributed by atoms with van der Waals surface area (Å²) in [6.45, 7) is 6.82. The summed E-state index contributed by atoms with van der Waals surface area (Å²) < 4.78 is 0. The van der Waals surface area contributed by atoms with Crippen LogP contribution in [0.3, 0.4) is 0 Å². The van der Waals surface area contributed by atoms with Crippen LogP contribution in [0.4, 0.5) is 0 Å². The summed E-state index contributed by atoms with van der Waals surface area (Å²) in [7, 11) is 0. The van der Waals surface area contributed by atoms with Gasteiger partial charge in [0.1, 0.15) is 0 Å². The number of hydrogen-bond donors (Lipinski definition) is 0. The Morgan fingerprint density at radius 3 is 2.42 bits per heavy atom. The molecule has 0 heteroatoms. The number of benzene rings is 3. The lowest BCUT2D eigenvalue weighted by Gasteiger charge is -2.15. The first-order chi connectivity index (χ1) is 9.22. The molecule has 0 radical (unpaired) electrons. The second-order valence-electron chi connectivity index (χ2n) is 5.47. The van der Waals surface area contributed by atoms with Crippen LogP contribution in [0.15, 0.2) is 48.5 Å². The molecule has 0 aliphatic carbocycles. The maximum Gasteiger partial charge on any atom is -0.0140 e. The Morgan fingerprint density at radius 2 is 1.63 bits per heavy atom. The number of fused-ring (bicyclic) bond motifs is 2. The van der Waals surface area contributed by atoms with Crippen molar-refractivity contribution in [1.29, 1.82) is 0 Å². The molecule has 96 valence electrons. The molecule has 0 amide bonds. The van der Waals surface area contributed by atoms with E-state index in [1.54, 1.807) is 0 Å². The first kappa shape index (κ1) is 12.2. The molecule has 0 aromatic heterocycles. The normalized spacial score (nSPS) is 13.0. The van der Waals surface area contributed by atoms with E-state index >= 15 is 0 Å². The first-order valence-corrected chi connectivity index (χ1v) is 7.13. The van der Waals surface area contributed by atoms with Gasteiger partial charge in [0.2, 0.25) is 0 Å². The quantitative estimate of drug-likeness (QED) is 0.502. The monoisotopic (exact) mass is 248 g/mol. The molecule has 0 heterocycles. The average Bonchev–Trinajstić information content (AvgIpc) is 2.46. The lowest BCUT2D eigenvalue weighted by molar-refractivity contribution is 0.740. The van der Waals surface area contributed by atoms with Gasteiger partial charge in [-0.3, -0.25) is 0 Å². The van der Waals surface area contributed by atoms with Crippen molar-refractivity contribution >= 4 is 21.5 Å². The van der Waals surface area contributed by atoms with Crippen molar-refractivity contribution in [2.75, 3.05) is 0 Å². The molecule has 0 saturated heterocycles. The molecule has 1 atom stereocenters. The molecule has 0 aliphatic rings. The van der Waals surface area contributed by atoms with Crippen LogP contribution in [-0.2, 0) is 0 Å². The van der Waals surface area contributed by atoms with E-state index in [-0.39, 0.29) is 0 Å². The molecule has 1 unspecified atom stereocenters. The smallest absolute Gasteiger partial charge is 0.0140 e. The van der Waals surface area contributed by atoms with Gasteiger partial charge in [-0.2, -0.15) is 0 Å². The van der Waals surface area contributed by atoms with E-state index in [1.807, 2.05) is 0 Å². The molecule has 0 bridgehead atoms. The summed E-state index contributed by atoms with van der Waals surface area (Å²) in [5.41, 5.74) is 2.88. The summed E-state index contributed by atoms with van der Waals surface area (Å²) in [5, 5.41) is 5.55. The SMILES string of the molecule is CCC(C)c1cccc2c(C)c3ccccc3cc12. The zero-order chi connectivity index (χ0) is 13.4. The summed E-state index contributed by atoms with van der Waals surface area (Å²) in [4.78, 5) is 0. The van der Waals surface area contributed by atoms with Gasteiger partial charge in [-0.05, 0) is 58.0 Å². The van der Waals surface area contributed by atoms with Crippen LogP contribution in [0, 0.1) is 6.92 Å². The van der Waals surface area contributed by atoms with E-state index in [1.165, 1.54) is 39.1 Å². The van der Waals surface area contributed by atoms with Crippen molar-refractivity contribution in [1.82, 2.24) is 0 Å². The van der Waals surface area contributed by atoms with E-state index in [2.05, 4.69) is 69.3 Å². The predicted molar refractivity (Wildman–Crippen MR) is 84.9 cm³/mol. The Hall–Kier alpha value is -1.82. The third kappa shape index (κ3) is 1.92. The second-order valence-corrected chi connectivity index (χ2v) is 5.47. The Morgan fingerprint density at radius 1 is 0.895 bits per heavy atom. The van der Waals surface area contributed by atoms with Crippen molar-refractivity contribution in [2.45, 2.75) is 33.1 Å². The molecule has 3 aromatic rings. The van der Waals surface area contributed by atoms with Gasteiger partial charge in [0.25, 0.3) is 0 Å². The maximum absolute atomic E-state index is 2.36. The van der Waals surface area contributed by atoms with E-state index in [4.69, 9.17) is 0 Å². The summed E-state index contributed by atoms with van der Waals surface area (Å²) in [5.74, 6) is 0.615. The highest BCUT2D eigenvalue weighted by Crippen LogP contribution is 2.33. The minimum absolute atomic E-state index is 0.615. The van der Waals surface area contributed by atoms with Crippen LogP contribution in [0.25, 0.3) is 21.5 Å². The van der Waals surface area contributed by atoms with Crippen molar-refractivity contribution in [3.8, 4) is 0 Å². The Kier molecular flexibility index (Phi) is 3.02. The van der Waals surface area contributed by atoms with Gasteiger partial charge in [0, 0.05) is 0 Å². The van der Waals surface area contributed by atoms with E-state index in [0.29, 0.717) is 5.92 Å². The molecular weight excluding hydrogens is 228 g/mol. The molecule has 0 fully saturated rings. The van der Waals surface area contributed by atoms with Crippen LogP contribution >= 0.6 is 0 Å². The van der Waals surface area contributed by atoms with Crippen molar-refractivity contribution in [2.24, 2.45) is 0 Å². The molecule has 19 heavy (non-hydrogen) atoms. The zero-order valence-corrected chi connectivity index (χ0v) is 11.9. The summed E-state index contributed by atoms with van der Waals surface area (Å²) >= 11 is 0. The average molecular weight is 248 g/mol. The Bertz CT molecular complexity index is 737. The molecule has 0 aliphatic heterocycles. The highest BCUT2D eigenvalue weighted by Gasteiger charge is 2.10. The van der Waals surface area contributed by atoms with Gasteiger partial charge in [-0.15, -0.1) is 0 Å². The minimum Gasteiger partial charge on any atom is -0.0648 e. The maximum atomic E-state index is 2.36. The van der Waals surface area contributed by atoms with Crippen LogP contribution in [0.1, 0.15) is 37.3 Å². The molecular formula is C19H20. The molecule has 0 spiro atoms. The summed E-state index contributed by atoms with van der Waals surface area (Å²) in [6, 6.07) is 17.8. The van der Waals surface area contributed by atoms with E-state index in [9.17, 15) is 0 Å². The first-order valence-electron chi connectivity index (χ1n) is 7.13. The van der Waals surface area contributed by atoms with Crippen LogP contribution < -0.4 is 0 Å². The van der Waals surface area contributed by atoms with Gasteiger partial charge >= 0.3 is 0 Å². The van der Waals surface area contributed by atoms with Gasteiger partial charge in [-0.25, -0.2) is 0 Å². The van der Waals surface area contributed by atoms with Gasteiger partial charge < -0.3 is 0 Å². The zero-order valence-electron chi connectivity index (χ0n) is 11.9. The molecule has 0 nitrogen and oxygen atoms in total. The second kappa shape index (κ2) is 4.70. The van der Waals surface area contributed by atoms with Crippen LogP contribution in [0.2, 0.25) is 0 Å². The van der Waals surface area contributed by atoms with Crippen LogP contribution in [-0.4, -0.2) is 0 Å². The fourth-order valence-corrected chi connectivity index (χ4v) is 2.99. The standard InChI is InChI=1S/C19H20/c1-4-13(2)16-10-7-11-18-14(3)17-9-6-5-8-15(17)12-19(16)18/h5-13H,4H2,1-3H3. The van der Waals surface area contributed by atoms with Crippen molar-refractivity contribution < 1.29 is 0 Å². The Labute approximate surface area is 115 Å². The number of aryl methyl sites for hydroxylation is 1. The van der Waals surface area contributed by atoms with E-state index < -0.39 is 0 Å². The topological polar surface area (TPSA) is 0 Å². The lowest BCUT2D eigenvalue weighted by atomic mass is 9.89. The third-order valence-electron chi connectivity index (χ3n) is 4.35.